The molecule has 0 saturated carbocycles. The van der Waals surface area contributed by atoms with Gasteiger partial charge in [-0.2, -0.15) is 5.10 Å². The van der Waals surface area contributed by atoms with E-state index in [0.717, 1.165) is 9.13 Å². The molecule has 0 aliphatic heterocycles. The predicted molar refractivity (Wildman–Crippen MR) is 93.5 cm³/mol. The summed E-state index contributed by atoms with van der Waals surface area (Å²) in [4.78, 5) is 11.6. The second-order valence-electron chi connectivity index (χ2n) is 4.25. The number of hydrazone groups is 1. The third-order valence-corrected chi connectivity index (χ3v) is 3.63. The van der Waals surface area contributed by atoms with E-state index in [2.05, 4.69) is 33.1 Å². The van der Waals surface area contributed by atoms with Crippen LogP contribution in [0.1, 0.15) is 5.56 Å². The van der Waals surface area contributed by atoms with E-state index in [1.807, 2.05) is 0 Å². The van der Waals surface area contributed by atoms with Crippen molar-refractivity contribution >= 4 is 46.3 Å². The second kappa shape index (κ2) is 8.00. The number of benzene rings is 2. The van der Waals surface area contributed by atoms with E-state index in [4.69, 9.17) is 21.4 Å². The van der Waals surface area contributed by atoms with E-state index >= 15 is 0 Å². The lowest BCUT2D eigenvalue weighted by Gasteiger charge is -2.07. The smallest absolute Gasteiger partial charge is 0.277 e. The third-order valence-electron chi connectivity index (χ3n) is 2.55. The predicted octanol–water partition coefficient (Wildman–Crippen LogP) is 3.18. The van der Waals surface area contributed by atoms with Gasteiger partial charge in [-0.1, -0.05) is 11.6 Å². The van der Waals surface area contributed by atoms with Gasteiger partial charge >= 0.3 is 0 Å². The summed E-state index contributed by atoms with van der Waals surface area (Å²) >= 11 is 7.92. The van der Waals surface area contributed by atoms with Gasteiger partial charge in [-0.25, -0.2) is 5.43 Å². The number of amides is 1. The lowest BCUT2D eigenvalue weighted by molar-refractivity contribution is -0.123. The molecule has 0 radical (unpaired) electrons. The van der Waals surface area contributed by atoms with Crippen LogP contribution in [0.4, 0.5) is 0 Å². The van der Waals surface area contributed by atoms with Crippen molar-refractivity contribution in [3.8, 4) is 11.5 Å². The summed E-state index contributed by atoms with van der Waals surface area (Å²) in [6.07, 6.45) is 1.48. The van der Waals surface area contributed by atoms with Crippen molar-refractivity contribution in [2.24, 2.45) is 5.10 Å². The highest BCUT2D eigenvalue weighted by atomic mass is 127. The molecule has 0 aromatic heterocycles. The molecule has 0 aliphatic rings. The van der Waals surface area contributed by atoms with Gasteiger partial charge in [0.15, 0.2) is 6.61 Å². The van der Waals surface area contributed by atoms with Gasteiger partial charge in [0.05, 0.1) is 9.78 Å². The minimum absolute atomic E-state index is 0.148. The number of nitrogens with zero attached hydrogens (tertiary/aromatic N) is 1. The minimum Gasteiger partial charge on any atom is -0.508 e. The fourth-order valence-electron chi connectivity index (χ4n) is 1.51. The molecule has 0 bridgehead atoms. The first-order valence-electron chi connectivity index (χ1n) is 6.23. The molecule has 0 fully saturated rings. The Bertz CT molecular complexity index is 690. The maximum Gasteiger partial charge on any atom is 0.277 e. The van der Waals surface area contributed by atoms with Crippen LogP contribution in [0, 0.1) is 3.57 Å². The van der Waals surface area contributed by atoms with E-state index in [-0.39, 0.29) is 18.3 Å². The van der Waals surface area contributed by atoms with Crippen LogP contribution in [0.5, 0.6) is 11.5 Å². The Kier molecular flexibility index (Phi) is 6.02. The van der Waals surface area contributed by atoms with Gasteiger partial charge in [-0.15, -0.1) is 0 Å². The number of halogens is 2. The molecule has 7 heteroatoms. The Balaban J connectivity index is 1.81. The highest BCUT2D eigenvalue weighted by Crippen LogP contribution is 2.24. The Morgan fingerprint density at radius 2 is 2.05 bits per heavy atom. The van der Waals surface area contributed by atoms with Crippen LogP contribution in [-0.4, -0.2) is 23.8 Å². The van der Waals surface area contributed by atoms with Gasteiger partial charge in [0.2, 0.25) is 0 Å². The zero-order valence-corrected chi connectivity index (χ0v) is 14.2. The van der Waals surface area contributed by atoms with Crippen molar-refractivity contribution in [1.82, 2.24) is 5.43 Å². The SMILES string of the molecule is O=C(COc1ccc(Cl)cc1I)N/N=C/c1ccc(O)cc1. The van der Waals surface area contributed by atoms with Gasteiger partial charge in [0, 0.05) is 5.02 Å². The highest BCUT2D eigenvalue weighted by Gasteiger charge is 2.05. The first-order valence-corrected chi connectivity index (χ1v) is 7.69. The Morgan fingerprint density at radius 3 is 2.73 bits per heavy atom. The van der Waals surface area contributed by atoms with Gasteiger partial charge in [-0.3, -0.25) is 4.79 Å². The van der Waals surface area contributed by atoms with Crippen LogP contribution in [0.3, 0.4) is 0 Å². The average Bonchev–Trinajstić information content (AvgIpc) is 2.48. The van der Waals surface area contributed by atoms with E-state index < -0.39 is 0 Å². The van der Waals surface area contributed by atoms with Crippen molar-refractivity contribution < 1.29 is 14.6 Å². The van der Waals surface area contributed by atoms with Crippen molar-refractivity contribution in [2.75, 3.05) is 6.61 Å². The Hall–Kier alpha value is -1.80. The summed E-state index contributed by atoms with van der Waals surface area (Å²) in [7, 11) is 0. The monoisotopic (exact) mass is 430 g/mol. The molecule has 0 heterocycles. The van der Waals surface area contributed by atoms with Crippen LogP contribution in [-0.2, 0) is 4.79 Å². The molecule has 2 rings (SSSR count). The number of ether oxygens (including phenoxy) is 1. The molecule has 2 N–H and O–H groups in total. The quantitative estimate of drug-likeness (QED) is 0.435. The minimum atomic E-state index is -0.374. The summed E-state index contributed by atoms with van der Waals surface area (Å²) in [5, 5.41) is 13.6. The molecule has 0 atom stereocenters. The first-order chi connectivity index (χ1) is 10.5. The zero-order valence-electron chi connectivity index (χ0n) is 11.3. The number of carbonyl (C=O) groups excluding carboxylic acids is 1. The fourth-order valence-corrected chi connectivity index (χ4v) is 2.53. The number of carbonyl (C=O) groups is 1. The zero-order chi connectivity index (χ0) is 15.9. The summed E-state index contributed by atoms with van der Waals surface area (Å²) in [6.45, 7) is -0.148. The van der Waals surface area contributed by atoms with Gasteiger partial charge < -0.3 is 9.84 Å². The van der Waals surface area contributed by atoms with Crippen molar-refractivity contribution in [3.63, 3.8) is 0 Å². The number of rotatable bonds is 5. The third kappa shape index (κ3) is 5.19. The summed E-state index contributed by atoms with van der Waals surface area (Å²) in [6, 6.07) is 11.6. The maximum atomic E-state index is 11.6. The van der Waals surface area contributed by atoms with Crippen LogP contribution in [0.25, 0.3) is 0 Å². The van der Waals surface area contributed by atoms with E-state index in [1.165, 1.54) is 18.3 Å². The summed E-state index contributed by atoms with van der Waals surface area (Å²) < 4.78 is 6.21. The molecule has 2 aromatic carbocycles. The molecule has 2 aromatic rings. The number of aromatic hydroxyl groups is 1. The van der Waals surface area contributed by atoms with Crippen molar-refractivity contribution in [1.29, 1.82) is 0 Å². The van der Waals surface area contributed by atoms with E-state index in [9.17, 15) is 4.79 Å². The van der Waals surface area contributed by atoms with Gasteiger partial charge in [0.1, 0.15) is 11.5 Å². The Morgan fingerprint density at radius 1 is 1.32 bits per heavy atom. The molecule has 5 nitrogen and oxygen atoms in total. The largest absolute Gasteiger partial charge is 0.508 e. The molecule has 0 spiro atoms. The van der Waals surface area contributed by atoms with Crippen molar-refractivity contribution in [2.45, 2.75) is 0 Å². The number of hydrogen-bond donors (Lipinski definition) is 2. The number of nitrogens with one attached hydrogen (secondary N) is 1. The normalized spacial score (nSPS) is 10.6. The topological polar surface area (TPSA) is 70.9 Å². The maximum absolute atomic E-state index is 11.6. The lowest BCUT2D eigenvalue weighted by atomic mass is 10.2. The highest BCUT2D eigenvalue weighted by molar-refractivity contribution is 14.1. The number of phenols is 1. The van der Waals surface area contributed by atoms with Crippen LogP contribution in [0.15, 0.2) is 47.6 Å². The Labute approximate surface area is 146 Å². The number of hydrogen-bond acceptors (Lipinski definition) is 4. The lowest BCUT2D eigenvalue weighted by Crippen LogP contribution is -2.24. The van der Waals surface area contributed by atoms with Gasteiger partial charge in [-0.05, 0) is 70.6 Å². The van der Waals surface area contributed by atoms with Crippen molar-refractivity contribution in [3.05, 3.63) is 56.6 Å². The van der Waals surface area contributed by atoms with Crippen LogP contribution in [0.2, 0.25) is 5.02 Å². The fraction of sp³-hybridized carbons (Fsp3) is 0.0667. The molecule has 0 saturated heterocycles. The molecular formula is C15H12ClIN2O3. The summed E-state index contributed by atoms with van der Waals surface area (Å²) in [5.41, 5.74) is 3.12. The second-order valence-corrected chi connectivity index (χ2v) is 5.85. The molecule has 1 amide bonds. The molecule has 0 aliphatic carbocycles. The molecule has 22 heavy (non-hydrogen) atoms. The van der Waals surface area contributed by atoms with E-state index in [1.54, 1.807) is 30.3 Å². The number of phenolic OH excluding ortho intramolecular Hbond substituents is 1. The first kappa shape index (κ1) is 16.6. The summed E-state index contributed by atoms with van der Waals surface area (Å²) in [5.74, 6) is 0.385. The van der Waals surface area contributed by atoms with E-state index in [0.29, 0.717) is 10.8 Å². The van der Waals surface area contributed by atoms with Crippen LogP contribution < -0.4 is 10.2 Å². The molecule has 114 valence electrons. The van der Waals surface area contributed by atoms with Gasteiger partial charge in [0.25, 0.3) is 5.91 Å². The molecular weight excluding hydrogens is 419 g/mol. The molecule has 0 unspecified atom stereocenters. The standard InChI is InChI=1S/C15H12ClIN2O3/c16-11-3-6-14(13(17)7-11)22-9-15(21)19-18-8-10-1-4-12(20)5-2-10/h1-8,20H,9H2,(H,19,21)/b18-8+. The average molecular weight is 431 g/mol. The van der Waals surface area contributed by atoms with Crippen LogP contribution >= 0.6 is 34.2 Å².